The molecule has 0 saturated heterocycles. The van der Waals surface area contributed by atoms with Gasteiger partial charge in [-0.1, -0.05) is 15.9 Å². The average molecular weight is 325 g/mol. The third-order valence-electron chi connectivity index (χ3n) is 1.25. The van der Waals surface area contributed by atoms with Gasteiger partial charge in [0.2, 0.25) is 0 Å². The summed E-state index contributed by atoms with van der Waals surface area (Å²) in [6, 6.07) is 5.48. The Balaban J connectivity index is 3.23. The number of nitrogens with one attached hydrogen (secondary N) is 1. The van der Waals surface area contributed by atoms with E-state index in [2.05, 4.69) is 15.9 Å². The molecule has 2 nitrogen and oxygen atoms in total. The molecule has 0 saturated carbocycles. The summed E-state index contributed by atoms with van der Waals surface area (Å²) in [5.74, 6) is 0. The van der Waals surface area contributed by atoms with E-state index in [9.17, 15) is 0 Å². The van der Waals surface area contributed by atoms with Crippen molar-refractivity contribution in [1.29, 1.82) is 5.41 Å². The van der Waals surface area contributed by atoms with Gasteiger partial charge in [-0.05, 0) is 40.8 Å². The lowest BCUT2D eigenvalue weighted by molar-refractivity contribution is 1.52. The van der Waals surface area contributed by atoms with Crippen LogP contribution in [0.2, 0.25) is 0 Å². The molecular weight excluding hydrogens is 319 g/mol. The summed E-state index contributed by atoms with van der Waals surface area (Å²) in [6.45, 7) is 0. The smallest absolute Gasteiger partial charge is 0.101 e. The van der Waals surface area contributed by atoms with Crippen molar-refractivity contribution in [3.05, 3.63) is 28.2 Å². The Labute approximate surface area is 87.0 Å². The Kier molecular flexibility index (Phi) is 2.89. The summed E-state index contributed by atoms with van der Waals surface area (Å²) in [4.78, 5) is 0. The highest BCUT2D eigenvalue weighted by molar-refractivity contribution is 14.1. The van der Waals surface area contributed by atoms with Crippen LogP contribution in [0.4, 0.5) is 5.69 Å². The molecular formula is C7H6BrIN2. The molecule has 0 aliphatic rings. The minimum Gasteiger partial charge on any atom is -0.398 e. The minimum absolute atomic E-state index is 0.460. The highest BCUT2D eigenvalue weighted by atomic mass is 127. The maximum Gasteiger partial charge on any atom is 0.101 e. The molecule has 58 valence electrons. The van der Waals surface area contributed by atoms with Gasteiger partial charge in [0.15, 0.2) is 0 Å². The SMILES string of the molecule is N=C(I)c1cc(Br)ccc1N. The zero-order chi connectivity index (χ0) is 8.43. The zero-order valence-corrected chi connectivity index (χ0v) is 9.31. The number of anilines is 1. The highest BCUT2D eigenvalue weighted by Gasteiger charge is 2.01. The molecule has 0 bridgehead atoms. The van der Waals surface area contributed by atoms with Crippen LogP contribution in [0.3, 0.4) is 0 Å². The van der Waals surface area contributed by atoms with Crippen LogP contribution in [0, 0.1) is 5.41 Å². The van der Waals surface area contributed by atoms with Crippen LogP contribution in [0.15, 0.2) is 22.7 Å². The molecule has 0 amide bonds. The van der Waals surface area contributed by atoms with Crippen molar-refractivity contribution in [2.24, 2.45) is 0 Å². The molecule has 0 aliphatic heterocycles. The van der Waals surface area contributed by atoms with Gasteiger partial charge in [0, 0.05) is 15.7 Å². The van der Waals surface area contributed by atoms with Gasteiger partial charge in [-0.15, -0.1) is 0 Å². The van der Waals surface area contributed by atoms with Gasteiger partial charge in [-0.2, -0.15) is 0 Å². The van der Waals surface area contributed by atoms with Crippen LogP contribution in [-0.4, -0.2) is 3.72 Å². The number of nitrogen functional groups attached to an aromatic ring is 1. The van der Waals surface area contributed by atoms with E-state index in [0.717, 1.165) is 10.0 Å². The van der Waals surface area contributed by atoms with Crippen molar-refractivity contribution >= 4 is 47.9 Å². The molecule has 1 rings (SSSR count). The van der Waals surface area contributed by atoms with E-state index in [-0.39, 0.29) is 0 Å². The van der Waals surface area contributed by atoms with Gasteiger partial charge >= 0.3 is 0 Å². The molecule has 0 radical (unpaired) electrons. The van der Waals surface area contributed by atoms with Crippen molar-refractivity contribution in [2.45, 2.75) is 0 Å². The van der Waals surface area contributed by atoms with Crippen molar-refractivity contribution < 1.29 is 0 Å². The summed E-state index contributed by atoms with van der Waals surface area (Å²) >= 11 is 5.24. The topological polar surface area (TPSA) is 49.9 Å². The molecule has 1 aromatic rings. The van der Waals surface area contributed by atoms with Crippen LogP contribution in [0.5, 0.6) is 0 Å². The fourth-order valence-corrected chi connectivity index (χ4v) is 1.55. The maximum absolute atomic E-state index is 7.36. The first-order valence-corrected chi connectivity index (χ1v) is 4.78. The standard InChI is InChI=1S/C7H6BrIN2/c8-4-1-2-6(10)5(3-4)7(9)11/h1-3,11H,10H2. The van der Waals surface area contributed by atoms with Crippen LogP contribution in [-0.2, 0) is 0 Å². The molecule has 0 atom stereocenters. The van der Waals surface area contributed by atoms with Gasteiger partial charge in [-0.3, -0.25) is 5.41 Å². The summed E-state index contributed by atoms with van der Waals surface area (Å²) in [6.07, 6.45) is 0. The van der Waals surface area contributed by atoms with E-state index < -0.39 is 0 Å². The largest absolute Gasteiger partial charge is 0.398 e. The Morgan fingerprint density at radius 3 is 2.64 bits per heavy atom. The molecule has 0 heterocycles. The molecule has 3 N–H and O–H groups in total. The number of nitrogens with two attached hydrogens (primary N) is 1. The van der Waals surface area contributed by atoms with E-state index in [1.165, 1.54) is 0 Å². The number of hydrogen-bond acceptors (Lipinski definition) is 2. The molecule has 0 aromatic heterocycles. The predicted molar refractivity (Wildman–Crippen MR) is 59.4 cm³/mol. The molecule has 0 unspecified atom stereocenters. The van der Waals surface area contributed by atoms with Crippen LogP contribution < -0.4 is 5.73 Å². The maximum atomic E-state index is 7.36. The quantitative estimate of drug-likeness (QED) is 0.466. The van der Waals surface area contributed by atoms with Crippen molar-refractivity contribution in [3.63, 3.8) is 0 Å². The van der Waals surface area contributed by atoms with Gasteiger partial charge in [-0.25, -0.2) is 0 Å². The molecule has 4 heteroatoms. The zero-order valence-electron chi connectivity index (χ0n) is 5.57. The lowest BCUT2D eigenvalue weighted by atomic mass is 10.2. The van der Waals surface area contributed by atoms with Gasteiger partial charge in [0.05, 0.1) is 0 Å². The second kappa shape index (κ2) is 3.53. The Hall–Kier alpha value is -0.100. The molecule has 11 heavy (non-hydrogen) atoms. The van der Waals surface area contributed by atoms with Crippen LogP contribution >= 0.6 is 38.5 Å². The Bertz CT molecular complexity index is 298. The monoisotopic (exact) mass is 324 g/mol. The Morgan fingerprint density at radius 1 is 1.55 bits per heavy atom. The molecule has 0 fully saturated rings. The fourth-order valence-electron chi connectivity index (χ4n) is 0.719. The number of hydrogen-bond donors (Lipinski definition) is 2. The molecule has 0 aliphatic carbocycles. The first-order valence-electron chi connectivity index (χ1n) is 2.90. The van der Waals surface area contributed by atoms with E-state index in [4.69, 9.17) is 11.1 Å². The number of benzene rings is 1. The predicted octanol–water partition coefficient (Wildman–Crippen LogP) is 2.79. The summed E-state index contributed by atoms with van der Waals surface area (Å²) < 4.78 is 1.41. The number of halogens is 2. The lowest BCUT2D eigenvalue weighted by Crippen LogP contribution is -1.96. The molecule has 1 aromatic carbocycles. The fraction of sp³-hybridized carbons (Fsp3) is 0. The van der Waals surface area contributed by atoms with Crippen LogP contribution in [0.25, 0.3) is 0 Å². The van der Waals surface area contributed by atoms with E-state index in [0.29, 0.717) is 9.41 Å². The van der Waals surface area contributed by atoms with Crippen molar-refractivity contribution in [2.75, 3.05) is 5.73 Å². The number of rotatable bonds is 1. The van der Waals surface area contributed by atoms with Gasteiger partial charge < -0.3 is 5.73 Å². The third-order valence-corrected chi connectivity index (χ3v) is 2.33. The molecule has 0 spiro atoms. The van der Waals surface area contributed by atoms with E-state index in [1.807, 2.05) is 34.7 Å². The first-order chi connectivity index (χ1) is 5.11. The van der Waals surface area contributed by atoms with Gasteiger partial charge in [0.1, 0.15) is 3.72 Å². The van der Waals surface area contributed by atoms with Crippen LogP contribution in [0.1, 0.15) is 5.56 Å². The minimum atomic E-state index is 0.460. The average Bonchev–Trinajstić information content (AvgIpc) is 1.94. The van der Waals surface area contributed by atoms with E-state index in [1.54, 1.807) is 6.07 Å². The lowest BCUT2D eigenvalue weighted by Gasteiger charge is -2.01. The highest BCUT2D eigenvalue weighted by Crippen LogP contribution is 2.20. The Morgan fingerprint density at radius 2 is 2.18 bits per heavy atom. The second-order valence-electron chi connectivity index (χ2n) is 2.05. The van der Waals surface area contributed by atoms with E-state index >= 15 is 0 Å². The first kappa shape index (κ1) is 8.99. The summed E-state index contributed by atoms with van der Waals surface area (Å²) in [5.41, 5.74) is 7.05. The summed E-state index contributed by atoms with van der Waals surface area (Å²) in [7, 11) is 0. The summed E-state index contributed by atoms with van der Waals surface area (Å²) in [5, 5.41) is 7.36. The van der Waals surface area contributed by atoms with Gasteiger partial charge in [0.25, 0.3) is 0 Å². The normalized spacial score (nSPS) is 9.64. The second-order valence-corrected chi connectivity index (χ2v) is 4.04. The van der Waals surface area contributed by atoms with Crippen molar-refractivity contribution in [1.82, 2.24) is 0 Å². The van der Waals surface area contributed by atoms with Crippen molar-refractivity contribution in [3.8, 4) is 0 Å². The third kappa shape index (κ3) is 2.16.